The summed E-state index contributed by atoms with van der Waals surface area (Å²) in [5, 5.41) is 6.77. The summed E-state index contributed by atoms with van der Waals surface area (Å²) in [6.07, 6.45) is -0.0127. The Labute approximate surface area is 63.2 Å². The number of hydrogen-bond acceptors (Lipinski definition) is 3. The van der Waals surface area contributed by atoms with Crippen LogP contribution in [0.25, 0.3) is 0 Å². The van der Waals surface area contributed by atoms with Gasteiger partial charge in [-0.1, -0.05) is 6.92 Å². The first-order valence-electron chi connectivity index (χ1n) is 2.56. The molecule has 1 atom stereocenters. The molecule has 0 aliphatic heterocycles. The molecule has 0 heterocycles. The number of rotatable bonds is 3. The Morgan fingerprint density at radius 1 is 1.70 bits per heavy atom. The fourth-order valence-corrected chi connectivity index (χ4v) is 1.74. The van der Waals surface area contributed by atoms with Gasteiger partial charge >= 0.3 is 5.97 Å². The Bertz CT molecular complexity index is 219. The van der Waals surface area contributed by atoms with Gasteiger partial charge in [-0.3, -0.25) is 4.79 Å². The van der Waals surface area contributed by atoms with Crippen molar-refractivity contribution < 1.29 is 18.3 Å². The van der Waals surface area contributed by atoms with Crippen LogP contribution < -0.4 is 0 Å². The van der Waals surface area contributed by atoms with E-state index in [-0.39, 0.29) is 6.42 Å². The largest absolute Gasteiger partial charge is 0.480 e. The van der Waals surface area contributed by atoms with E-state index in [4.69, 9.17) is 15.8 Å². The Balaban J connectivity index is 4.55. The molecule has 0 rings (SSSR count). The first-order valence-corrected chi connectivity index (χ1v) is 4.93. The summed E-state index contributed by atoms with van der Waals surface area (Å²) >= 11 is 0. The minimum Gasteiger partial charge on any atom is -0.480 e. The molecule has 60 valence electrons. The van der Waals surface area contributed by atoms with Crippen LogP contribution in [0.1, 0.15) is 13.3 Å². The van der Waals surface area contributed by atoms with Gasteiger partial charge in [0.15, 0.2) is 5.25 Å². The van der Waals surface area contributed by atoms with Gasteiger partial charge in [0.1, 0.15) is 0 Å². The number of carboxylic acids is 1. The Hall–Kier alpha value is -0.290. The monoisotopic (exact) mass is 186 g/mol. The van der Waals surface area contributed by atoms with Crippen molar-refractivity contribution >= 4 is 25.7 Å². The van der Waals surface area contributed by atoms with Gasteiger partial charge < -0.3 is 5.11 Å². The highest BCUT2D eigenvalue weighted by atomic mass is 35.7. The van der Waals surface area contributed by atoms with E-state index >= 15 is 0 Å². The quantitative estimate of drug-likeness (QED) is 0.649. The first-order chi connectivity index (χ1) is 4.39. The zero-order valence-electron chi connectivity index (χ0n) is 5.24. The van der Waals surface area contributed by atoms with E-state index in [1.165, 1.54) is 6.92 Å². The maximum absolute atomic E-state index is 10.4. The van der Waals surface area contributed by atoms with Gasteiger partial charge in [-0.15, -0.1) is 0 Å². The van der Waals surface area contributed by atoms with Crippen LogP contribution in [0, 0.1) is 0 Å². The van der Waals surface area contributed by atoms with Gasteiger partial charge in [0.05, 0.1) is 0 Å². The van der Waals surface area contributed by atoms with E-state index in [1.807, 2.05) is 0 Å². The van der Waals surface area contributed by atoms with Crippen molar-refractivity contribution in [2.45, 2.75) is 18.6 Å². The summed E-state index contributed by atoms with van der Waals surface area (Å²) in [5.41, 5.74) is 0. The summed E-state index contributed by atoms with van der Waals surface area (Å²) in [6, 6.07) is 0. The maximum atomic E-state index is 10.4. The Morgan fingerprint density at radius 3 is 2.10 bits per heavy atom. The zero-order valence-corrected chi connectivity index (χ0v) is 6.82. The van der Waals surface area contributed by atoms with Crippen LogP contribution in [0.4, 0.5) is 0 Å². The second kappa shape index (κ2) is 3.21. The molecular formula is C4H7ClO4S. The van der Waals surface area contributed by atoms with Crippen LogP contribution in [0.2, 0.25) is 0 Å². The van der Waals surface area contributed by atoms with E-state index in [0.29, 0.717) is 0 Å². The van der Waals surface area contributed by atoms with E-state index < -0.39 is 20.3 Å². The highest BCUT2D eigenvalue weighted by molar-refractivity contribution is 8.14. The number of carboxylic acid groups (broad SMARTS) is 1. The van der Waals surface area contributed by atoms with E-state index in [2.05, 4.69) is 0 Å². The average Bonchev–Trinajstić information content (AvgIpc) is 1.60. The van der Waals surface area contributed by atoms with Gasteiger partial charge in [0.2, 0.25) is 9.05 Å². The van der Waals surface area contributed by atoms with Gasteiger partial charge in [0, 0.05) is 10.7 Å². The van der Waals surface area contributed by atoms with Gasteiger partial charge in [-0.2, -0.15) is 0 Å². The minimum absolute atomic E-state index is 0.0127. The van der Waals surface area contributed by atoms with Crippen molar-refractivity contribution in [3.63, 3.8) is 0 Å². The van der Waals surface area contributed by atoms with Crippen LogP contribution in [-0.4, -0.2) is 24.7 Å². The Morgan fingerprint density at radius 2 is 2.10 bits per heavy atom. The first kappa shape index (κ1) is 9.71. The molecule has 0 spiro atoms. The smallest absolute Gasteiger partial charge is 0.323 e. The van der Waals surface area contributed by atoms with Crippen molar-refractivity contribution in [2.75, 3.05) is 0 Å². The van der Waals surface area contributed by atoms with Crippen molar-refractivity contribution in [2.24, 2.45) is 0 Å². The highest BCUT2D eigenvalue weighted by Gasteiger charge is 2.28. The van der Waals surface area contributed by atoms with Gasteiger partial charge in [-0.05, 0) is 6.42 Å². The van der Waals surface area contributed by atoms with Gasteiger partial charge in [0.25, 0.3) is 0 Å². The number of hydrogen-bond donors (Lipinski definition) is 1. The van der Waals surface area contributed by atoms with Crippen LogP contribution >= 0.6 is 10.7 Å². The van der Waals surface area contributed by atoms with Crippen LogP contribution in [0.15, 0.2) is 0 Å². The molecule has 0 amide bonds. The predicted molar refractivity (Wildman–Crippen MR) is 36.5 cm³/mol. The lowest BCUT2D eigenvalue weighted by Gasteiger charge is -2.02. The fourth-order valence-electron chi connectivity index (χ4n) is 0.494. The molecular weight excluding hydrogens is 180 g/mol. The highest BCUT2D eigenvalue weighted by Crippen LogP contribution is 2.10. The number of carbonyl (C=O) groups is 1. The maximum Gasteiger partial charge on any atom is 0.323 e. The number of aliphatic carboxylic acids is 1. The van der Waals surface area contributed by atoms with E-state index in [0.717, 1.165) is 0 Å². The molecule has 0 saturated heterocycles. The summed E-state index contributed by atoms with van der Waals surface area (Å²) in [4.78, 5) is 10.1. The molecule has 0 aromatic heterocycles. The molecule has 0 unspecified atom stereocenters. The third-order valence-corrected chi connectivity index (χ3v) is 2.85. The summed E-state index contributed by atoms with van der Waals surface area (Å²) in [7, 11) is 0.844. The molecule has 0 aromatic rings. The van der Waals surface area contributed by atoms with Crippen LogP contribution in [-0.2, 0) is 13.8 Å². The van der Waals surface area contributed by atoms with Crippen molar-refractivity contribution in [1.82, 2.24) is 0 Å². The Kier molecular flexibility index (Phi) is 3.11. The molecule has 0 radical (unpaired) electrons. The van der Waals surface area contributed by atoms with E-state index in [9.17, 15) is 13.2 Å². The molecule has 0 fully saturated rings. The topological polar surface area (TPSA) is 71.4 Å². The third-order valence-electron chi connectivity index (χ3n) is 0.986. The predicted octanol–water partition coefficient (Wildman–Crippen LogP) is 0.418. The van der Waals surface area contributed by atoms with Crippen molar-refractivity contribution in [3.05, 3.63) is 0 Å². The molecule has 0 aliphatic carbocycles. The summed E-state index contributed by atoms with van der Waals surface area (Å²) < 4.78 is 20.8. The lowest BCUT2D eigenvalue weighted by atomic mass is 10.3. The molecule has 6 heteroatoms. The van der Waals surface area contributed by atoms with E-state index in [1.54, 1.807) is 0 Å². The normalized spacial score (nSPS) is 14.6. The lowest BCUT2D eigenvalue weighted by molar-refractivity contribution is -0.136. The molecule has 10 heavy (non-hydrogen) atoms. The standard InChI is InChI=1S/C4H7ClO4S/c1-2-3(4(6)7)10(5,8)9/h3H,2H2,1H3,(H,6,7)/t3-/m1/s1. The second-order valence-corrected chi connectivity index (χ2v) is 4.52. The number of halogens is 1. The average molecular weight is 187 g/mol. The third kappa shape index (κ3) is 2.53. The molecule has 0 saturated carbocycles. The molecule has 0 aromatic carbocycles. The summed E-state index contributed by atoms with van der Waals surface area (Å²) in [5.74, 6) is -1.41. The fraction of sp³-hybridized carbons (Fsp3) is 0.750. The minimum atomic E-state index is -3.94. The van der Waals surface area contributed by atoms with Gasteiger partial charge in [-0.25, -0.2) is 8.42 Å². The lowest BCUT2D eigenvalue weighted by Crippen LogP contribution is -2.25. The molecule has 0 bridgehead atoms. The summed E-state index contributed by atoms with van der Waals surface area (Å²) in [6.45, 7) is 1.44. The molecule has 1 N–H and O–H groups in total. The molecule has 0 aliphatic rings. The zero-order chi connectivity index (χ0) is 8.36. The van der Waals surface area contributed by atoms with Crippen molar-refractivity contribution in [3.8, 4) is 0 Å². The van der Waals surface area contributed by atoms with Crippen molar-refractivity contribution in [1.29, 1.82) is 0 Å². The molecule has 4 nitrogen and oxygen atoms in total. The van der Waals surface area contributed by atoms with Crippen LogP contribution in [0.3, 0.4) is 0 Å². The SMILES string of the molecule is CC[C@H](C(=O)O)S(=O)(=O)Cl. The van der Waals surface area contributed by atoms with Crippen LogP contribution in [0.5, 0.6) is 0 Å². The second-order valence-electron chi connectivity index (χ2n) is 1.71.